The lowest BCUT2D eigenvalue weighted by molar-refractivity contribution is -0.154. The Balaban J connectivity index is 3.00. The largest absolute Gasteiger partial charge is 0.413 e. The molecular formula is C18H38O6SSi. The Morgan fingerprint density at radius 2 is 1.42 bits per heavy atom. The molecule has 8 heteroatoms. The Kier molecular flexibility index (Phi) is 7.93. The third-order valence-electron chi connectivity index (χ3n) is 5.22. The molecule has 0 saturated carbocycles. The van der Waals surface area contributed by atoms with Gasteiger partial charge < -0.3 is 13.9 Å². The first-order valence-electron chi connectivity index (χ1n) is 9.50. The van der Waals surface area contributed by atoms with Gasteiger partial charge in [-0.3, -0.25) is 4.18 Å². The molecule has 1 aliphatic rings. The summed E-state index contributed by atoms with van der Waals surface area (Å²) >= 11 is 0. The fourth-order valence-electron chi connectivity index (χ4n) is 4.45. The molecule has 0 aromatic rings. The van der Waals surface area contributed by atoms with Crippen LogP contribution < -0.4 is 0 Å². The lowest BCUT2D eigenvalue weighted by Crippen LogP contribution is -2.50. The lowest BCUT2D eigenvalue weighted by Gasteiger charge is -2.43. The maximum Gasteiger partial charge on any atom is 0.264 e. The third-order valence-corrected chi connectivity index (χ3v) is 11.9. The van der Waals surface area contributed by atoms with E-state index >= 15 is 0 Å². The molecule has 6 nitrogen and oxygen atoms in total. The summed E-state index contributed by atoms with van der Waals surface area (Å²) in [6, 6.07) is 0. The van der Waals surface area contributed by atoms with Crippen LogP contribution in [0.1, 0.15) is 62.3 Å². The van der Waals surface area contributed by atoms with Gasteiger partial charge in [0, 0.05) is 0 Å². The fraction of sp³-hybridized carbons (Fsp3) is 1.00. The Morgan fingerprint density at radius 3 is 1.81 bits per heavy atom. The van der Waals surface area contributed by atoms with E-state index in [-0.39, 0.29) is 6.10 Å². The zero-order valence-electron chi connectivity index (χ0n) is 18.0. The molecule has 0 amide bonds. The predicted octanol–water partition coefficient (Wildman–Crippen LogP) is 4.06. The highest BCUT2D eigenvalue weighted by Gasteiger charge is 2.49. The fourth-order valence-corrected chi connectivity index (χ4v) is 10.6. The van der Waals surface area contributed by atoms with Crippen molar-refractivity contribution in [1.82, 2.24) is 0 Å². The van der Waals surface area contributed by atoms with E-state index in [1.54, 1.807) is 6.92 Å². The van der Waals surface area contributed by atoms with E-state index in [9.17, 15) is 8.42 Å². The highest BCUT2D eigenvalue weighted by atomic mass is 32.2. The van der Waals surface area contributed by atoms with Crippen molar-refractivity contribution in [2.75, 3.05) is 12.9 Å². The first-order valence-corrected chi connectivity index (χ1v) is 13.5. The van der Waals surface area contributed by atoms with Crippen LogP contribution in [0.25, 0.3) is 0 Å². The zero-order chi connectivity index (χ0) is 20.5. The van der Waals surface area contributed by atoms with Crippen molar-refractivity contribution >= 4 is 18.4 Å². The number of rotatable bonds is 9. The van der Waals surface area contributed by atoms with Crippen LogP contribution in [0.5, 0.6) is 0 Å². The van der Waals surface area contributed by atoms with Crippen molar-refractivity contribution in [3.8, 4) is 0 Å². The van der Waals surface area contributed by atoms with Crippen LogP contribution in [0.3, 0.4) is 0 Å². The van der Waals surface area contributed by atoms with E-state index in [0.717, 1.165) is 6.26 Å². The molecule has 0 radical (unpaired) electrons. The van der Waals surface area contributed by atoms with Gasteiger partial charge in [0.25, 0.3) is 10.1 Å². The van der Waals surface area contributed by atoms with E-state index in [1.165, 1.54) is 0 Å². The summed E-state index contributed by atoms with van der Waals surface area (Å²) in [6.45, 7) is 19.1. The van der Waals surface area contributed by atoms with Crippen molar-refractivity contribution in [2.45, 2.75) is 103 Å². The van der Waals surface area contributed by atoms with Gasteiger partial charge in [0.2, 0.25) is 0 Å². The third kappa shape index (κ3) is 5.75. The molecular weight excluding hydrogens is 372 g/mol. The van der Waals surface area contributed by atoms with Gasteiger partial charge in [-0.15, -0.1) is 0 Å². The molecule has 0 spiro atoms. The van der Waals surface area contributed by atoms with Crippen LogP contribution in [0.4, 0.5) is 0 Å². The molecule has 1 heterocycles. The standard InChI is InChI=1S/C18H38O6SSi/c1-12(2)26(13(3)4,14(5)6)21-11-16-17(23-18(8,9)22-16)15(7)24-25(10,19)20/h12-17H,11H2,1-10H3/t15?,16-,17-/m0/s1. The molecule has 0 N–H and O–H groups in total. The van der Waals surface area contributed by atoms with Crippen LogP contribution >= 0.6 is 0 Å². The molecule has 1 fully saturated rings. The number of hydrogen-bond acceptors (Lipinski definition) is 6. The van der Waals surface area contributed by atoms with Crippen molar-refractivity contribution < 1.29 is 26.5 Å². The smallest absolute Gasteiger partial charge is 0.264 e. The van der Waals surface area contributed by atoms with Crippen molar-refractivity contribution in [2.24, 2.45) is 0 Å². The van der Waals surface area contributed by atoms with E-state index in [0.29, 0.717) is 23.2 Å². The minimum absolute atomic E-state index is 0.370. The van der Waals surface area contributed by atoms with Crippen LogP contribution in [0.2, 0.25) is 16.6 Å². The summed E-state index contributed by atoms with van der Waals surface area (Å²) in [6.07, 6.45) is -0.471. The number of hydrogen-bond donors (Lipinski definition) is 0. The first kappa shape index (κ1) is 24.0. The van der Waals surface area contributed by atoms with Crippen LogP contribution in [0.15, 0.2) is 0 Å². The maximum atomic E-state index is 11.5. The Labute approximate surface area is 161 Å². The summed E-state index contributed by atoms with van der Waals surface area (Å²) in [5.41, 5.74) is 1.38. The van der Waals surface area contributed by atoms with E-state index in [2.05, 4.69) is 41.5 Å². The normalized spacial score (nSPS) is 25.4. The summed E-state index contributed by atoms with van der Waals surface area (Å²) in [7, 11) is -5.62. The lowest BCUT2D eigenvalue weighted by atomic mass is 10.1. The molecule has 1 rings (SSSR count). The van der Waals surface area contributed by atoms with Crippen molar-refractivity contribution in [1.29, 1.82) is 0 Å². The van der Waals surface area contributed by atoms with Crippen LogP contribution in [0, 0.1) is 0 Å². The SMILES string of the molecule is CC(OS(C)(=O)=O)[C@@H]1OC(C)(C)O[C@H]1CO[Si](C(C)C)(C(C)C)C(C)C. The summed E-state index contributed by atoms with van der Waals surface area (Å²) in [4.78, 5) is 0. The summed E-state index contributed by atoms with van der Waals surface area (Å²) in [5, 5.41) is 0. The molecule has 0 bridgehead atoms. The van der Waals surface area contributed by atoms with Crippen LogP contribution in [-0.4, -0.2) is 53.7 Å². The van der Waals surface area contributed by atoms with E-state index in [4.69, 9.17) is 18.1 Å². The van der Waals surface area contributed by atoms with Gasteiger partial charge in [-0.05, 0) is 37.4 Å². The second kappa shape index (κ2) is 8.57. The van der Waals surface area contributed by atoms with Gasteiger partial charge in [-0.25, -0.2) is 0 Å². The Morgan fingerprint density at radius 1 is 0.962 bits per heavy atom. The average Bonchev–Trinajstić information content (AvgIpc) is 2.71. The molecule has 26 heavy (non-hydrogen) atoms. The van der Waals surface area contributed by atoms with Gasteiger partial charge in [-0.1, -0.05) is 41.5 Å². The van der Waals surface area contributed by atoms with E-state index < -0.39 is 36.4 Å². The van der Waals surface area contributed by atoms with Gasteiger partial charge in [0.05, 0.1) is 12.9 Å². The molecule has 3 atom stereocenters. The minimum Gasteiger partial charge on any atom is -0.413 e. The molecule has 156 valence electrons. The molecule has 0 aromatic carbocycles. The minimum atomic E-state index is -3.57. The zero-order valence-corrected chi connectivity index (χ0v) is 19.8. The topological polar surface area (TPSA) is 71.1 Å². The van der Waals surface area contributed by atoms with E-state index in [1.807, 2.05) is 13.8 Å². The van der Waals surface area contributed by atoms with Crippen molar-refractivity contribution in [3.63, 3.8) is 0 Å². The van der Waals surface area contributed by atoms with Crippen molar-refractivity contribution in [3.05, 3.63) is 0 Å². The molecule has 1 unspecified atom stereocenters. The predicted molar refractivity (Wildman–Crippen MR) is 106 cm³/mol. The van der Waals surface area contributed by atoms with Gasteiger partial charge in [0.1, 0.15) is 18.3 Å². The highest BCUT2D eigenvalue weighted by Crippen LogP contribution is 2.43. The summed E-state index contributed by atoms with van der Waals surface area (Å²) in [5.74, 6) is -0.800. The quantitative estimate of drug-likeness (QED) is 0.422. The highest BCUT2D eigenvalue weighted by molar-refractivity contribution is 7.86. The second-order valence-corrected chi connectivity index (χ2v) is 15.8. The molecule has 1 saturated heterocycles. The van der Waals surface area contributed by atoms with Gasteiger partial charge in [-0.2, -0.15) is 8.42 Å². The number of ether oxygens (including phenoxy) is 2. The Bertz CT molecular complexity index is 536. The molecule has 1 aliphatic heterocycles. The second-order valence-electron chi connectivity index (χ2n) is 8.77. The van der Waals surface area contributed by atoms with Gasteiger partial charge >= 0.3 is 0 Å². The molecule has 0 aromatic heterocycles. The average molecular weight is 411 g/mol. The van der Waals surface area contributed by atoms with Crippen LogP contribution in [-0.2, 0) is 28.2 Å². The Hall–Kier alpha value is 0.00688. The monoisotopic (exact) mass is 410 g/mol. The first-order chi connectivity index (χ1) is 11.6. The summed E-state index contributed by atoms with van der Waals surface area (Å²) < 4.78 is 46.8. The van der Waals surface area contributed by atoms with Gasteiger partial charge in [0.15, 0.2) is 14.1 Å². The maximum absolute atomic E-state index is 11.5. The molecule has 0 aliphatic carbocycles.